The van der Waals surface area contributed by atoms with Crippen LogP contribution in [0.4, 0.5) is 8.78 Å². The molecule has 0 spiro atoms. The van der Waals surface area contributed by atoms with Gasteiger partial charge in [-0.05, 0) is 19.3 Å². The minimum absolute atomic E-state index is 0.116. The van der Waals surface area contributed by atoms with E-state index < -0.39 is 19.1 Å². The summed E-state index contributed by atoms with van der Waals surface area (Å²) in [6.07, 6.45) is -1.67. The molecule has 1 rings (SSSR count). The van der Waals surface area contributed by atoms with Crippen molar-refractivity contribution >= 4 is 5.91 Å². The summed E-state index contributed by atoms with van der Waals surface area (Å²) in [7, 11) is 0. The minimum atomic E-state index is -2.82. The number of alkyl halides is 2. The third-order valence-electron chi connectivity index (χ3n) is 2.52. The number of rotatable bonds is 6. The third-order valence-corrected chi connectivity index (χ3v) is 2.52. The molecule has 2 N–H and O–H groups in total. The topological polar surface area (TPSA) is 58.6 Å². The fourth-order valence-electron chi connectivity index (χ4n) is 1.56. The van der Waals surface area contributed by atoms with Gasteiger partial charge in [0.1, 0.15) is 6.10 Å². The zero-order valence-electron chi connectivity index (χ0n) is 8.99. The van der Waals surface area contributed by atoms with Crippen molar-refractivity contribution in [1.82, 2.24) is 5.32 Å². The molecule has 2 atom stereocenters. The van der Waals surface area contributed by atoms with Crippen molar-refractivity contribution in [3.8, 4) is 0 Å². The number of hydrogen-bond acceptors (Lipinski definition) is 3. The molecule has 6 heteroatoms. The van der Waals surface area contributed by atoms with Gasteiger partial charge in [0.25, 0.3) is 6.43 Å². The Kier molecular flexibility index (Phi) is 5.62. The van der Waals surface area contributed by atoms with Gasteiger partial charge in [-0.2, -0.15) is 0 Å². The first-order chi connectivity index (χ1) is 7.59. The maximum Gasteiger partial charge on any atom is 0.265 e. The van der Waals surface area contributed by atoms with Crippen molar-refractivity contribution in [2.75, 3.05) is 13.2 Å². The largest absolute Gasteiger partial charge is 0.385 e. The van der Waals surface area contributed by atoms with Gasteiger partial charge in [0, 0.05) is 19.6 Å². The number of nitrogens with one attached hydrogen (secondary N) is 1. The molecule has 1 amide bonds. The zero-order chi connectivity index (χ0) is 12.0. The van der Waals surface area contributed by atoms with Gasteiger partial charge < -0.3 is 15.2 Å². The third kappa shape index (κ3) is 4.85. The summed E-state index contributed by atoms with van der Waals surface area (Å²) in [6, 6.07) is 0. The summed E-state index contributed by atoms with van der Waals surface area (Å²) in [5.41, 5.74) is 0. The molecule has 0 aliphatic carbocycles. The molecule has 1 aliphatic heterocycles. The van der Waals surface area contributed by atoms with Crippen molar-refractivity contribution < 1.29 is 23.4 Å². The van der Waals surface area contributed by atoms with Gasteiger partial charge in [0.05, 0.1) is 6.10 Å². The summed E-state index contributed by atoms with van der Waals surface area (Å²) in [5, 5.41) is 11.0. The van der Waals surface area contributed by atoms with Crippen molar-refractivity contribution in [3.05, 3.63) is 0 Å². The SMILES string of the molecule is O=C(CCC1CCCO1)NCC(O)C(F)F. The molecule has 0 bridgehead atoms. The van der Waals surface area contributed by atoms with E-state index in [1.165, 1.54) is 0 Å². The van der Waals surface area contributed by atoms with Crippen LogP contribution in [0.2, 0.25) is 0 Å². The summed E-state index contributed by atoms with van der Waals surface area (Å²) in [6.45, 7) is 0.332. The van der Waals surface area contributed by atoms with Crippen molar-refractivity contribution in [2.24, 2.45) is 0 Å². The molecule has 1 aliphatic rings. The first kappa shape index (κ1) is 13.3. The highest BCUT2D eigenvalue weighted by atomic mass is 19.3. The van der Waals surface area contributed by atoms with Crippen LogP contribution in [-0.2, 0) is 9.53 Å². The maximum atomic E-state index is 11.9. The van der Waals surface area contributed by atoms with Crippen molar-refractivity contribution in [3.63, 3.8) is 0 Å². The lowest BCUT2D eigenvalue weighted by atomic mass is 10.1. The Labute approximate surface area is 93.0 Å². The lowest BCUT2D eigenvalue weighted by Crippen LogP contribution is -2.36. The lowest BCUT2D eigenvalue weighted by Gasteiger charge is -2.12. The van der Waals surface area contributed by atoms with Crippen LogP contribution in [0, 0.1) is 0 Å². The molecular weight excluding hydrogens is 220 g/mol. The summed E-state index contributed by atoms with van der Waals surface area (Å²) >= 11 is 0. The summed E-state index contributed by atoms with van der Waals surface area (Å²) < 4.78 is 29.1. The van der Waals surface area contributed by atoms with Crippen LogP contribution in [0.3, 0.4) is 0 Å². The number of carbonyl (C=O) groups is 1. The maximum absolute atomic E-state index is 11.9. The highest BCUT2D eigenvalue weighted by Gasteiger charge is 2.19. The van der Waals surface area contributed by atoms with E-state index in [4.69, 9.17) is 9.84 Å². The van der Waals surface area contributed by atoms with Crippen LogP contribution in [0.25, 0.3) is 0 Å². The molecule has 1 saturated heterocycles. The number of hydrogen-bond donors (Lipinski definition) is 2. The second-order valence-corrected chi connectivity index (χ2v) is 3.88. The highest BCUT2D eigenvalue weighted by Crippen LogP contribution is 2.16. The fraction of sp³-hybridized carbons (Fsp3) is 0.900. The van der Waals surface area contributed by atoms with Crippen LogP contribution in [0.1, 0.15) is 25.7 Å². The molecule has 16 heavy (non-hydrogen) atoms. The number of amides is 1. The first-order valence-corrected chi connectivity index (χ1v) is 5.44. The van der Waals surface area contributed by atoms with Gasteiger partial charge in [-0.3, -0.25) is 4.79 Å². The Hall–Kier alpha value is -0.750. The van der Waals surface area contributed by atoms with E-state index in [0.29, 0.717) is 6.42 Å². The number of aliphatic hydroxyl groups is 1. The van der Waals surface area contributed by atoms with E-state index >= 15 is 0 Å². The predicted molar refractivity (Wildman–Crippen MR) is 53.2 cm³/mol. The average molecular weight is 237 g/mol. The van der Waals surface area contributed by atoms with Gasteiger partial charge in [0.15, 0.2) is 0 Å². The Morgan fingerprint density at radius 1 is 1.56 bits per heavy atom. The molecular formula is C10H17F2NO3. The van der Waals surface area contributed by atoms with Gasteiger partial charge in [-0.25, -0.2) is 8.78 Å². The Morgan fingerprint density at radius 2 is 2.31 bits per heavy atom. The molecule has 0 aromatic carbocycles. The average Bonchev–Trinajstić information content (AvgIpc) is 2.75. The number of aliphatic hydroxyl groups excluding tert-OH is 1. The van der Waals surface area contributed by atoms with Crippen LogP contribution in [0.5, 0.6) is 0 Å². The second kappa shape index (κ2) is 6.75. The van der Waals surface area contributed by atoms with Gasteiger partial charge in [-0.1, -0.05) is 0 Å². The monoisotopic (exact) mass is 237 g/mol. The van der Waals surface area contributed by atoms with Gasteiger partial charge in [-0.15, -0.1) is 0 Å². The smallest absolute Gasteiger partial charge is 0.265 e. The summed E-state index contributed by atoms with van der Waals surface area (Å²) in [5.74, 6) is -0.324. The molecule has 0 radical (unpaired) electrons. The van der Waals surface area contributed by atoms with E-state index in [1.54, 1.807) is 0 Å². The predicted octanol–water partition coefficient (Wildman–Crippen LogP) is 0.688. The molecule has 1 fully saturated rings. The van der Waals surface area contributed by atoms with E-state index in [-0.39, 0.29) is 18.4 Å². The minimum Gasteiger partial charge on any atom is -0.385 e. The highest BCUT2D eigenvalue weighted by molar-refractivity contribution is 5.75. The van der Waals surface area contributed by atoms with E-state index in [9.17, 15) is 13.6 Å². The van der Waals surface area contributed by atoms with Crippen LogP contribution >= 0.6 is 0 Å². The molecule has 94 valence electrons. The van der Waals surface area contributed by atoms with Gasteiger partial charge in [0.2, 0.25) is 5.91 Å². The summed E-state index contributed by atoms with van der Waals surface area (Å²) in [4.78, 5) is 11.2. The van der Waals surface area contributed by atoms with Crippen LogP contribution in [0.15, 0.2) is 0 Å². The van der Waals surface area contributed by atoms with E-state index in [0.717, 1.165) is 19.4 Å². The zero-order valence-corrected chi connectivity index (χ0v) is 8.99. The molecule has 2 unspecified atom stereocenters. The van der Waals surface area contributed by atoms with E-state index in [2.05, 4.69) is 5.32 Å². The van der Waals surface area contributed by atoms with Crippen LogP contribution in [-0.4, -0.2) is 42.8 Å². The van der Waals surface area contributed by atoms with E-state index in [1.807, 2.05) is 0 Å². The molecule has 0 aromatic rings. The lowest BCUT2D eigenvalue weighted by molar-refractivity contribution is -0.122. The molecule has 0 saturated carbocycles. The number of halogens is 2. The quantitative estimate of drug-likeness (QED) is 0.714. The second-order valence-electron chi connectivity index (χ2n) is 3.88. The molecule has 0 aromatic heterocycles. The Balaban J connectivity index is 2.06. The van der Waals surface area contributed by atoms with Crippen LogP contribution < -0.4 is 5.32 Å². The van der Waals surface area contributed by atoms with Crippen molar-refractivity contribution in [2.45, 2.75) is 44.3 Å². The standard InChI is InChI=1S/C10H17F2NO3/c11-10(12)8(14)6-13-9(15)4-3-7-2-1-5-16-7/h7-8,10,14H,1-6H2,(H,13,15). The van der Waals surface area contributed by atoms with Crippen molar-refractivity contribution in [1.29, 1.82) is 0 Å². The fourth-order valence-corrected chi connectivity index (χ4v) is 1.56. The molecule has 4 nitrogen and oxygen atoms in total. The Morgan fingerprint density at radius 3 is 2.88 bits per heavy atom. The number of carbonyl (C=O) groups excluding carboxylic acids is 1. The molecule has 1 heterocycles. The number of ether oxygens (including phenoxy) is 1. The Bertz CT molecular complexity index is 212. The van der Waals surface area contributed by atoms with Gasteiger partial charge >= 0.3 is 0 Å². The first-order valence-electron chi connectivity index (χ1n) is 5.44. The normalized spacial score (nSPS) is 22.4.